The van der Waals surface area contributed by atoms with Crippen LogP contribution in [0.1, 0.15) is 27.2 Å². The first-order valence-corrected chi connectivity index (χ1v) is 6.45. The molecule has 1 heterocycles. The Hall–Kier alpha value is -1.77. The smallest absolute Gasteiger partial charge is 0.207 e. The second-order valence-corrected chi connectivity index (χ2v) is 5.33. The molecule has 0 amide bonds. The minimum atomic E-state index is 0.285. The second-order valence-electron chi connectivity index (χ2n) is 5.33. The lowest BCUT2D eigenvalue weighted by Crippen LogP contribution is -2.23. The molecule has 0 aliphatic rings. The molecule has 1 aromatic heterocycles. The molecular formula is C15H21N3. The summed E-state index contributed by atoms with van der Waals surface area (Å²) in [5, 5.41) is 3.43. The van der Waals surface area contributed by atoms with E-state index >= 15 is 0 Å². The molecule has 1 aromatic carbocycles. The van der Waals surface area contributed by atoms with E-state index in [4.69, 9.17) is 0 Å². The van der Waals surface area contributed by atoms with Crippen LogP contribution in [0.25, 0.3) is 5.69 Å². The maximum Gasteiger partial charge on any atom is 0.207 e. The molecule has 18 heavy (non-hydrogen) atoms. The quantitative estimate of drug-likeness (QED) is 0.867. The van der Waals surface area contributed by atoms with E-state index in [-0.39, 0.29) is 5.41 Å². The Bertz CT molecular complexity index is 485. The number of benzene rings is 1. The Kier molecular flexibility index (Phi) is 3.70. The lowest BCUT2D eigenvalue weighted by molar-refractivity contribution is 0.376. The first-order chi connectivity index (χ1) is 8.62. The van der Waals surface area contributed by atoms with Crippen LogP contribution in [0.5, 0.6) is 0 Å². The fourth-order valence-corrected chi connectivity index (χ4v) is 1.67. The van der Waals surface area contributed by atoms with E-state index in [1.807, 2.05) is 30.6 Å². The van der Waals surface area contributed by atoms with Gasteiger partial charge in [-0.3, -0.25) is 4.57 Å². The predicted octanol–water partition coefficient (Wildman–Crippen LogP) is 3.72. The minimum absolute atomic E-state index is 0.285. The van der Waals surface area contributed by atoms with Crippen molar-refractivity contribution >= 4 is 5.95 Å². The minimum Gasteiger partial charge on any atom is -0.355 e. The molecular weight excluding hydrogens is 222 g/mol. The van der Waals surface area contributed by atoms with Crippen LogP contribution in [0.3, 0.4) is 0 Å². The zero-order chi connectivity index (χ0) is 13.0. The van der Waals surface area contributed by atoms with Crippen LogP contribution in [0.15, 0.2) is 42.7 Å². The maximum atomic E-state index is 4.38. The highest BCUT2D eigenvalue weighted by atomic mass is 15.2. The van der Waals surface area contributed by atoms with Crippen molar-refractivity contribution in [2.24, 2.45) is 5.41 Å². The second kappa shape index (κ2) is 5.25. The molecule has 3 heteroatoms. The number of nitrogens with one attached hydrogen (secondary N) is 1. The maximum absolute atomic E-state index is 4.38. The molecule has 1 N–H and O–H groups in total. The average Bonchev–Trinajstić information content (AvgIpc) is 2.86. The summed E-state index contributed by atoms with van der Waals surface area (Å²) in [4.78, 5) is 4.38. The molecule has 0 aliphatic heterocycles. The molecule has 0 spiro atoms. The van der Waals surface area contributed by atoms with Gasteiger partial charge in [-0.15, -0.1) is 0 Å². The van der Waals surface area contributed by atoms with E-state index in [2.05, 4.69) is 47.8 Å². The summed E-state index contributed by atoms with van der Waals surface area (Å²) in [7, 11) is 0. The number of hydrogen-bond donors (Lipinski definition) is 1. The summed E-state index contributed by atoms with van der Waals surface area (Å²) in [5.41, 5.74) is 1.42. The molecule has 0 unspecified atom stereocenters. The number of imidazole rings is 1. The molecule has 2 rings (SSSR count). The van der Waals surface area contributed by atoms with Crippen molar-refractivity contribution in [3.8, 4) is 5.69 Å². The first kappa shape index (κ1) is 12.7. The van der Waals surface area contributed by atoms with Gasteiger partial charge in [0.2, 0.25) is 5.95 Å². The Morgan fingerprint density at radius 3 is 2.61 bits per heavy atom. The Labute approximate surface area is 109 Å². The van der Waals surface area contributed by atoms with Crippen molar-refractivity contribution < 1.29 is 0 Å². The van der Waals surface area contributed by atoms with Crippen molar-refractivity contribution in [1.29, 1.82) is 0 Å². The number of anilines is 1. The van der Waals surface area contributed by atoms with Crippen molar-refractivity contribution in [2.75, 3.05) is 11.9 Å². The molecule has 2 aromatic rings. The topological polar surface area (TPSA) is 29.9 Å². The Balaban J connectivity index is 2.14. The summed E-state index contributed by atoms with van der Waals surface area (Å²) >= 11 is 0. The average molecular weight is 243 g/mol. The highest BCUT2D eigenvalue weighted by molar-refractivity contribution is 5.41. The van der Waals surface area contributed by atoms with Crippen LogP contribution < -0.4 is 5.32 Å². The largest absolute Gasteiger partial charge is 0.355 e. The van der Waals surface area contributed by atoms with Gasteiger partial charge >= 0.3 is 0 Å². The van der Waals surface area contributed by atoms with Gasteiger partial charge in [0.1, 0.15) is 0 Å². The molecule has 0 atom stereocenters. The van der Waals surface area contributed by atoms with Crippen molar-refractivity contribution in [3.05, 3.63) is 42.7 Å². The van der Waals surface area contributed by atoms with Crippen LogP contribution in [-0.2, 0) is 0 Å². The van der Waals surface area contributed by atoms with Gasteiger partial charge in [0.05, 0.1) is 0 Å². The molecule has 0 saturated carbocycles. The van der Waals surface area contributed by atoms with E-state index in [0.29, 0.717) is 0 Å². The molecule has 96 valence electrons. The van der Waals surface area contributed by atoms with Crippen LogP contribution in [0.2, 0.25) is 0 Å². The van der Waals surface area contributed by atoms with E-state index in [1.54, 1.807) is 0 Å². The third-order valence-corrected chi connectivity index (χ3v) is 3.36. The van der Waals surface area contributed by atoms with Crippen molar-refractivity contribution in [2.45, 2.75) is 27.2 Å². The van der Waals surface area contributed by atoms with Gasteiger partial charge in [-0.1, -0.05) is 39.0 Å². The van der Waals surface area contributed by atoms with Gasteiger partial charge in [-0.25, -0.2) is 4.98 Å². The van der Waals surface area contributed by atoms with Crippen molar-refractivity contribution in [3.63, 3.8) is 0 Å². The summed E-state index contributed by atoms with van der Waals surface area (Å²) in [6, 6.07) is 10.3. The van der Waals surface area contributed by atoms with Crippen LogP contribution >= 0.6 is 0 Å². The Morgan fingerprint density at radius 1 is 1.22 bits per heavy atom. The third kappa shape index (κ3) is 2.92. The highest BCUT2D eigenvalue weighted by Crippen LogP contribution is 2.21. The molecule has 0 aliphatic carbocycles. The fourth-order valence-electron chi connectivity index (χ4n) is 1.67. The van der Waals surface area contributed by atoms with Gasteiger partial charge in [-0.2, -0.15) is 0 Å². The lowest BCUT2D eigenvalue weighted by atomic mass is 9.90. The molecule has 3 nitrogen and oxygen atoms in total. The highest BCUT2D eigenvalue weighted by Gasteiger charge is 2.15. The number of nitrogens with zero attached hydrogens (tertiary/aromatic N) is 2. The molecule has 0 radical (unpaired) electrons. The van der Waals surface area contributed by atoms with Crippen LogP contribution in [0.4, 0.5) is 5.95 Å². The summed E-state index contributed by atoms with van der Waals surface area (Å²) in [5.74, 6) is 0.905. The van der Waals surface area contributed by atoms with E-state index in [1.165, 1.54) is 0 Å². The number of aromatic nitrogens is 2. The predicted molar refractivity (Wildman–Crippen MR) is 76.1 cm³/mol. The zero-order valence-electron chi connectivity index (χ0n) is 11.4. The first-order valence-electron chi connectivity index (χ1n) is 6.45. The number of para-hydroxylation sites is 1. The number of rotatable bonds is 5. The molecule has 0 saturated heterocycles. The van der Waals surface area contributed by atoms with Gasteiger partial charge in [0, 0.05) is 24.6 Å². The molecule has 0 fully saturated rings. The third-order valence-electron chi connectivity index (χ3n) is 3.36. The zero-order valence-corrected chi connectivity index (χ0v) is 11.4. The summed E-state index contributed by atoms with van der Waals surface area (Å²) in [6.07, 6.45) is 4.96. The fraction of sp³-hybridized carbons (Fsp3) is 0.400. The number of hydrogen-bond acceptors (Lipinski definition) is 2. The van der Waals surface area contributed by atoms with Crippen LogP contribution in [-0.4, -0.2) is 16.1 Å². The lowest BCUT2D eigenvalue weighted by Gasteiger charge is -2.23. The van der Waals surface area contributed by atoms with Gasteiger partial charge < -0.3 is 5.32 Å². The normalized spacial score (nSPS) is 11.5. The molecule has 0 bridgehead atoms. The SMILES string of the molecule is CCC(C)(C)CNc1nccn1-c1ccccc1. The van der Waals surface area contributed by atoms with Gasteiger partial charge in [0.25, 0.3) is 0 Å². The van der Waals surface area contributed by atoms with E-state index in [0.717, 1.165) is 24.6 Å². The van der Waals surface area contributed by atoms with E-state index < -0.39 is 0 Å². The van der Waals surface area contributed by atoms with Gasteiger partial charge in [-0.05, 0) is 24.0 Å². The standard InChI is InChI=1S/C15H21N3/c1-4-15(2,3)12-17-14-16-10-11-18(14)13-8-6-5-7-9-13/h5-11H,4,12H2,1-3H3,(H,16,17). The summed E-state index contributed by atoms with van der Waals surface area (Å²) < 4.78 is 2.08. The van der Waals surface area contributed by atoms with Crippen molar-refractivity contribution in [1.82, 2.24) is 9.55 Å². The van der Waals surface area contributed by atoms with Crippen LogP contribution in [0, 0.1) is 5.41 Å². The summed E-state index contributed by atoms with van der Waals surface area (Å²) in [6.45, 7) is 7.66. The Morgan fingerprint density at radius 2 is 1.94 bits per heavy atom. The van der Waals surface area contributed by atoms with E-state index in [9.17, 15) is 0 Å². The monoisotopic (exact) mass is 243 g/mol. The van der Waals surface area contributed by atoms with Gasteiger partial charge in [0.15, 0.2) is 0 Å².